The highest BCUT2D eigenvalue weighted by molar-refractivity contribution is 5.16. The Morgan fingerprint density at radius 1 is 1.44 bits per heavy atom. The second-order valence-corrected chi connectivity index (χ2v) is 5.63. The largest absolute Gasteiger partial charge is 0.367 e. The van der Waals surface area contributed by atoms with Crippen LogP contribution in [0.2, 0.25) is 0 Å². The SMILES string of the molecule is Cc1cccnc1COC1(CN)CCC(C)CC1. The molecule has 0 bridgehead atoms. The lowest BCUT2D eigenvalue weighted by Crippen LogP contribution is -2.43. The zero-order valence-electron chi connectivity index (χ0n) is 11.5. The predicted octanol–water partition coefficient (Wildman–Crippen LogP) is 2.81. The molecule has 1 aliphatic carbocycles. The molecule has 2 rings (SSSR count). The van der Waals surface area contributed by atoms with E-state index in [-0.39, 0.29) is 5.60 Å². The van der Waals surface area contributed by atoms with Crippen LogP contribution in [0.15, 0.2) is 18.3 Å². The Morgan fingerprint density at radius 2 is 2.17 bits per heavy atom. The normalized spacial score (nSPS) is 28.3. The zero-order chi connectivity index (χ0) is 13.0. The van der Waals surface area contributed by atoms with E-state index >= 15 is 0 Å². The maximum absolute atomic E-state index is 6.15. The average Bonchev–Trinajstić information content (AvgIpc) is 2.40. The minimum absolute atomic E-state index is 0.115. The van der Waals surface area contributed by atoms with E-state index in [0.29, 0.717) is 13.2 Å². The lowest BCUT2D eigenvalue weighted by molar-refractivity contribution is -0.0811. The summed E-state index contributed by atoms with van der Waals surface area (Å²) in [5, 5.41) is 0. The molecule has 0 aromatic carbocycles. The Bertz CT molecular complexity index is 384. The molecule has 0 saturated heterocycles. The molecule has 0 radical (unpaired) electrons. The molecule has 0 amide bonds. The fourth-order valence-electron chi connectivity index (χ4n) is 2.59. The first-order chi connectivity index (χ1) is 8.65. The average molecular weight is 248 g/mol. The van der Waals surface area contributed by atoms with Gasteiger partial charge in [-0.1, -0.05) is 13.0 Å². The van der Waals surface area contributed by atoms with Crippen molar-refractivity contribution in [2.75, 3.05) is 6.54 Å². The van der Waals surface area contributed by atoms with Gasteiger partial charge in [0.25, 0.3) is 0 Å². The van der Waals surface area contributed by atoms with Gasteiger partial charge in [0.2, 0.25) is 0 Å². The standard InChI is InChI=1S/C15H24N2O/c1-12-5-7-15(11-16,8-6-12)18-10-14-13(2)4-3-9-17-14/h3-4,9,12H,5-8,10-11,16H2,1-2H3. The lowest BCUT2D eigenvalue weighted by Gasteiger charge is -2.38. The summed E-state index contributed by atoms with van der Waals surface area (Å²) in [5.41, 5.74) is 8.05. The van der Waals surface area contributed by atoms with Crippen LogP contribution < -0.4 is 5.73 Å². The van der Waals surface area contributed by atoms with Crippen LogP contribution in [0.25, 0.3) is 0 Å². The molecule has 1 fully saturated rings. The number of hydrogen-bond acceptors (Lipinski definition) is 3. The molecule has 1 aromatic rings. The molecular weight excluding hydrogens is 224 g/mol. The summed E-state index contributed by atoms with van der Waals surface area (Å²) >= 11 is 0. The van der Waals surface area contributed by atoms with Gasteiger partial charge in [-0.15, -0.1) is 0 Å². The molecule has 1 aliphatic rings. The lowest BCUT2D eigenvalue weighted by atomic mass is 9.79. The quantitative estimate of drug-likeness (QED) is 0.891. The van der Waals surface area contributed by atoms with Crippen LogP contribution in [0, 0.1) is 12.8 Å². The highest BCUT2D eigenvalue weighted by Crippen LogP contribution is 2.34. The first-order valence-electron chi connectivity index (χ1n) is 6.90. The first kappa shape index (κ1) is 13.5. The van der Waals surface area contributed by atoms with Crippen molar-refractivity contribution in [1.82, 2.24) is 4.98 Å². The zero-order valence-corrected chi connectivity index (χ0v) is 11.5. The van der Waals surface area contributed by atoms with Gasteiger partial charge in [-0.25, -0.2) is 0 Å². The van der Waals surface area contributed by atoms with Crippen molar-refractivity contribution < 1.29 is 4.74 Å². The van der Waals surface area contributed by atoms with E-state index in [9.17, 15) is 0 Å². The summed E-state index contributed by atoms with van der Waals surface area (Å²) in [6, 6.07) is 4.03. The first-order valence-corrected chi connectivity index (χ1v) is 6.90. The smallest absolute Gasteiger partial charge is 0.0898 e. The molecule has 0 atom stereocenters. The van der Waals surface area contributed by atoms with E-state index in [4.69, 9.17) is 10.5 Å². The monoisotopic (exact) mass is 248 g/mol. The number of nitrogens with zero attached hydrogens (tertiary/aromatic N) is 1. The van der Waals surface area contributed by atoms with Crippen molar-refractivity contribution in [1.29, 1.82) is 0 Å². The summed E-state index contributed by atoms with van der Waals surface area (Å²) in [5.74, 6) is 0.810. The van der Waals surface area contributed by atoms with Gasteiger partial charge < -0.3 is 10.5 Å². The Morgan fingerprint density at radius 3 is 2.78 bits per heavy atom. The topological polar surface area (TPSA) is 48.1 Å². The summed E-state index contributed by atoms with van der Waals surface area (Å²) in [4.78, 5) is 4.38. The van der Waals surface area contributed by atoms with E-state index in [1.165, 1.54) is 18.4 Å². The molecule has 0 unspecified atom stereocenters. The molecular formula is C15H24N2O. The summed E-state index contributed by atoms with van der Waals surface area (Å²) in [6.45, 7) is 5.58. The molecule has 3 nitrogen and oxygen atoms in total. The molecule has 2 N–H and O–H groups in total. The van der Waals surface area contributed by atoms with E-state index in [1.54, 1.807) is 0 Å². The van der Waals surface area contributed by atoms with Crippen molar-refractivity contribution in [3.05, 3.63) is 29.6 Å². The number of aryl methyl sites for hydroxylation is 1. The fraction of sp³-hybridized carbons (Fsp3) is 0.667. The van der Waals surface area contributed by atoms with Crippen molar-refractivity contribution in [3.63, 3.8) is 0 Å². The van der Waals surface area contributed by atoms with Crippen LogP contribution in [-0.2, 0) is 11.3 Å². The van der Waals surface area contributed by atoms with Gasteiger partial charge in [0, 0.05) is 12.7 Å². The van der Waals surface area contributed by atoms with E-state index in [0.717, 1.165) is 24.5 Å². The molecule has 1 aromatic heterocycles. The second kappa shape index (κ2) is 5.81. The fourth-order valence-corrected chi connectivity index (χ4v) is 2.59. The number of ether oxygens (including phenoxy) is 1. The minimum atomic E-state index is -0.115. The minimum Gasteiger partial charge on any atom is -0.367 e. The molecule has 18 heavy (non-hydrogen) atoms. The number of hydrogen-bond donors (Lipinski definition) is 1. The van der Waals surface area contributed by atoms with Crippen LogP contribution in [0.4, 0.5) is 0 Å². The molecule has 1 heterocycles. The van der Waals surface area contributed by atoms with E-state index in [1.807, 2.05) is 12.3 Å². The van der Waals surface area contributed by atoms with Gasteiger partial charge in [0.15, 0.2) is 0 Å². The highest BCUT2D eigenvalue weighted by Gasteiger charge is 2.33. The number of aromatic nitrogens is 1. The summed E-state index contributed by atoms with van der Waals surface area (Å²) in [7, 11) is 0. The molecule has 0 aliphatic heterocycles. The van der Waals surface area contributed by atoms with Crippen LogP contribution in [0.1, 0.15) is 43.9 Å². The highest BCUT2D eigenvalue weighted by atomic mass is 16.5. The predicted molar refractivity (Wildman–Crippen MR) is 73.2 cm³/mol. The van der Waals surface area contributed by atoms with E-state index in [2.05, 4.69) is 24.9 Å². The molecule has 3 heteroatoms. The number of pyridine rings is 1. The van der Waals surface area contributed by atoms with Gasteiger partial charge in [-0.05, 0) is 50.2 Å². The van der Waals surface area contributed by atoms with Gasteiger partial charge in [0.05, 0.1) is 17.9 Å². The Balaban J connectivity index is 1.97. The van der Waals surface area contributed by atoms with Crippen molar-refractivity contribution in [2.45, 2.75) is 51.7 Å². The number of nitrogens with two attached hydrogens (primary N) is 1. The summed E-state index contributed by atoms with van der Waals surface area (Å²) < 4.78 is 6.15. The Kier molecular flexibility index (Phi) is 4.36. The van der Waals surface area contributed by atoms with Crippen molar-refractivity contribution in [2.24, 2.45) is 11.7 Å². The Hall–Kier alpha value is -0.930. The third kappa shape index (κ3) is 3.09. The van der Waals surface area contributed by atoms with Gasteiger partial charge >= 0.3 is 0 Å². The third-order valence-corrected chi connectivity index (χ3v) is 4.19. The molecule has 1 saturated carbocycles. The second-order valence-electron chi connectivity index (χ2n) is 5.63. The van der Waals surface area contributed by atoms with Gasteiger partial charge in [0.1, 0.15) is 0 Å². The molecule has 100 valence electrons. The van der Waals surface area contributed by atoms with E-state index < -0.39 is 0 Å². The van der Waals surface area contributed by atoms with Crippen LogP contribution in [-0.4, -0.2) is 17.1 Å². The molecule has 0 spiro atoms. The Labute approximate surface area is 110 Å². The van der Waals surface area contributed by atoms with Crippen LogP contribution >= 0.6 is 0 Å². The van der Waals surface area contributed by atoms with Crippen molar-refractivity contribution >= 4 is 0 Å². The van der Waals surface area contributed by atoms with Crippen LogP contribution in [0.3, 0.4) is 0 Å². The van der Waals surface area contributed by atoms with Gasteiger partial charge in [-0.3, -0.25) is 4.98 Å². The summed E-state index contributed by atoms with van der Waals surface area (Å²) in [6.07, 6.45) is 6.42. The maximum Gasteiger partial charge on any atom is 0.0898 e. The van der Waals surface area contributed by atoms with Crippen LogP contribution in [0.5, 0.6) is 0 Å². The number of rotatable bonds is 4. The van der Waals surface area contributed by atoms with Gasteiger partial charge in [-0.2, -0.15) is 0 Å². The van der Waals surface area contributed by atoms with Crippen molar-refractivity contribution in [3.8, 4) is 0 Å². The third-order valence-electron chi connectivity index (χ3n) is 4.19. The maximum atomic E-state index is 6.15.